The van der Waals surface area contributed by atoms with Crippen molar-refractivity contribution in [2.45, 2.75) is 19.8 Å². The van der Waals surface area contributed by atoms with Crippen LogP contribution in [0.2, 0.25) is 0 Å². The number of nitrogens with one attached hydrogen (secondary N) is 3. The number of unbranched alkanes of at least 4 members (excludes halogenated alkanes) is 1. The molecule has 1 aromatic heterocycles. The Morgan fingerprint density at radius 3 is 2.63 bits per heavy atom. The number of aromatic amines is 2. The predicted octanol–water partition coefficient (Wildman–Crippen LogP) is 3.27. The molecular formula is C14H17N3OS. The molecule has 0 spiro atoms. The quantitative estimate of drug-likeness (QED) is 0.579. The van der Waals surface area contributed by atoms with E-state index in [4.69, 9.17) is 12.2 Å². The molecule has 5 heteroatoms. The number of carbonyl (C=O) groups excluding carboxylic acids is 1. The Kier molecular flexibility index (Phi) is 4.52. The Labute approximate surface area is 117 Å². The minimum Gasteiger partial charge on any atom is -0.352 e. The minimum absolute atomic E-state index is 0.0259. The van der Waals surface area contributed by atoms with Crippen LogP contribution in [0.4, 0.5) is 0 Å². The van der Waals surface area contributed by atoms with Crippen molar-refractivity contribution in [3.05, 3.63) is 40.8 Å². The third-order valence-corrected chi connectivity index (χ3v) is 3.09. The van der Waals surface area contributed by atoms with E-state index in [-0.39, 0.29) is 5.91 Å². The van der Waals surface area contributed by atoms with E-state index < -0.39 is 0 Å². The summed E-state index contributed by atoms with van der Waals surface area (Å²) in [7, 11) is 0. The highest BCUT2D eigenvalue weighted by Gasteiger charge is 2.05. The van der Waals surface area contributed by atoms with Gasteiger partial charge in [-0.1, -0.05) is 25.5 Å². The molecule has 3 N–H and O–H groups in total. The van der Waals surface area contributed by atoms with Gasteiger partial charge in [-0.3, -0.25) is 4.79 Å². The average molecular weight is 275 g/mol. The Bertz CT molecular complexity index is 598. The molecule has 100 valence electrons. The maximum absolute atomic E-state index is 11.8. The van der Waals surface area contributed by atoms with Gasteiger partial charge in [-0.2, -0.15) is 0 Å². The van der Waals surface area contributed by atoms with Crippen LogP contribution in [0, 0.1) is 4.77 Å². The molecule has 0 aliphatic rings. The molecule has 1 aromatic carbocycles. The van der Waals surface area contributed by atoms with Crippen LogP contribution in [0.15, 0.2) is 30.5 Å². The highest BCUT2D eigenvalue weighted by Crippen LogP contribution is 2.16. The van der Waals surface area contributed by atoms with E-state index in [0.717, 1.165) is 30.6 Å². The normalized spacial score (nSPS) is 10.4. The molecule has 0 bridgehead atoms. The number of benzene rings is 1. The molecule has 1 heterocycles. The molecule has 2 rings (SSSR count). The summed E-state index contributed by atoms with van der Waals surface area (Å²) >= 11 is 4.98. The van der Waals surface area contributed by atoms with Gasteiger partial charge in [0.2, 0.25) is 0 Å². The fourth-order valence-corrected chi connectivity index (χ4v) is 1.94. The number of hydrogen-bond donors (Lipinski definition) is 3. The summed E-state index contributed by atoms with van der Waals surface area (Å²) in [4.78, 5) is 17.8. The first-order valence-electron chi connectivity index (χ1n) is 6.37. The molecule has 0 unspecified atom stereocenters. The van der Waals surface area contributed by atoms with Gasteiger partial charge in [0.25, 0.3) is 5.91 Å². The molecule has 2 aromatic rings. The standard InChI is InChI=1S/C14H17N3OS/c1-2-3-8-15-13(18)11-6-4-10(5-7-11)12-9-16-14(19)17-12/h4-7,9H,2-3,8H2,1H3,(H,15,18)(H2,16,17,19). The maximum atomic E-state index is 11.8. The summed E-state index contributed by atoms with van der Waals surface area (Å²) in [6, 6.07) is 7.45. The molecule has 1 amide bonds. The van der Waals surface area contributed by atoms with Crippen molar-refractivity contribution in [2.75, 3.05) is 6.54 Å². The van der Waals surface area contributed by atoms with Crippen molar-refractivity contribution in [3.63, 3.8) is 0 Å². The number of carbonyl (C=O) groups is 1. The molecular weight excluding hydrogens is 258 g/mol. The number of hydrogen-bond acceptors (Lipinski definition) is 2. The molecule has 0 saturated heterocycles. The second kappa shape index (κ2) is 6.33. The SMILES string of the molecule is CCCCNC(=O)c1ccc(-c2c[nH]c(=S)[nH]2)cc1. The Morgan fingerprint density at radius 1 is 1.32 bits per heavy atom. The van der Waals surface area contributed by atoms with Gasteiger partial charge < -0.3 is 15.3 Å². The molecule has 0 aliphatic carbocycles. The van der Waals surface area contributed by atoms with Crippen molar-refractivity contribution in [1.82, 2.24) is 15.3 Å². The van der Waals surface area contributed by atoms with Gasteiger partial charge in [-0.15, -0.1) is 0 Å². The van der Waals surface area contributed by atoms with Crippen LogP contribution in [-0.4, -0.2) is 22.4 Å². The Hall–Kier alpha value is -1.88. The van der Waals surface area contributed by atoms with E-state index in [1.165, 1.54) is 0 Å². The van der Waals surface area contributed by atoms with Crippen LogP contribution in [0.1, 0.15) is 30.1 Å². The maximum Gasteiger partial charge on any atom is 0.251 e. The van der Waals surface area contributed by atoms with Crippen molar-refractivity contribution in [1.29, 1.82) is 0 Å². The van der Waals surface area contributed by atoms with E-state index in [9.17, 15) is 4.79 Å². The molecule has 0 atom stereocenters. The summed E-state index contributed by atoms with van der Waals surface area (Å²) in [5.41, 5.74) is 2.59. The number of H-pyrrole nitrogens is 2. The second-order valence-corrected chi connectivity index (χ2v) is 4.75. The zero-order valence-corrected chi connectivity index (χ0v) is 11.6. The van der Waals surface area contributed by atoms with Crippen LogP contribution >= 0.6 is 12.2 Å². The molecule has 0 radical (unpaired) electrons. The first kappa shape index (κ1) is 13.5. The van der Waals surface area contributed by atoms with Crippen LogP contribution in [0.3, 0.4) is 0 Å². The lowest BCUT2D eigenvalue weighted by Crippen LogP contribution is -2.24. The highest BCUT2D eigenvalue weighted by molar-refractivity contribution is 7.71. The van der Waals surface area contributed by atoms with Gasteiger partial charge in [-0.25, -0.2) is 0 Å². The van der Waals surface area contributed by atoms with Gasteiger partial charge >= 0.3 is 0 Å². The summed E-state index contributed by atoms with van der Waals surface area (Å²) in [5, 5.41) is 2.89. The Balaban J connectivity index is 2.06. The third kappa shape index (κ3) is 3.54. The van der Waals surface area contributed by atoms with Gasteiger partial charge in [0.1, 0.15) is 0 Å². The van der Waals surface area contributed by atoms with Crippen LogP contribution in [0.5, 0.6) is 0 Å². The lowest BCUT2D eigenvalue weighted by Gasteiger charge is -2.05. The lowest BCUT2D eigenvalue weighted by molar-refractivity contribution is 0.0953. The number of aromatic nitrogens is 2. The van der Waals surface area contributed by atoms with Gasteiger partial charge in [0.05, 0.1) is 5.69 Å². The van der Waals surface area contributed by atoms with Crippen molar-refractivity contribution in [2.24, 2.45) is 0 Å². The average Bonchev–Trinajstić information content (AvgIpc) is 2.86. The van der Waals surface area contributed by atoms with Crippen molar-refractivity contribution >= 4 is 18.1 Å². The van der Waals surface area contributed by atoms with Crippen LogP contribution < -0.4 is 5.32 Å². The third-order valence-electron chi connectivity index (χ3n) is 2.87. The molecule has 0 aliphatic heterocycles. The molecule has 4 nitrogen and oxygen atoms in total. The Morgan fingerprint density at radius 2 is 2.05 bits per heavy atom. The van der Waals surface area contributed by atoms with E-state index >= 15 is 0 Å². The van der Waals surface area contributed by atoms with E-state index in [2.05, 4.69) is 22.2 Å². The first-order valence-corrected chi connectivity index (χ1v) is 6.78. The number of amides is 1. The summed E-state index contributed by atoms with van der Waals surface area (Å²) in [6.07, 6.45) is 3.90. The zero-order chi connectivity index (χ0) is 13.7. The highest BCUT2D eigenvalue weighted by atomic mass is 32.1. The fraction of sp³-hybridized carbons (Fsp3) is 0.286. The van der Waals surface area contributed by atoms with Crippen LogP contribution in [0.25, 0.3) is 11.3 Å². The van der Waals surface area contributed by atoms with Gasteiger partial charge in [0, 0.05) is 18.3 Å². The molecule has 0 fully saturated rings. The van der Waals surface area contributed by atoms with E-state index in [1.54, 1.807) is 0 Å². The molecule has 0 saturated carbocycles. The van der Waals surface area contributed by atoms with Crippen molar-refractivity contribution < 1.29 is 4.79 Å². The lowest BCUT2D eigenvalue weighted by atomic mass is 10.1. The van der Waals surface area contributed by atoms with Crippen molar-refractivity contribution in [3.8, 4) is 11.3 Å². The first-order chi connectivity index (χ1) is 9.20. The fourth-order valence-electron chi connectivity index (χ4n) is 1.77. The number of imidazole rings is 1. The minimum atomic E-state index is -0.0259. The zero-order valence-electron chi connectivity index (χ0n) is 10.8. The van der Waals surface area contributed by atoms with E-state index in [1.807, 2.05) is 30.5 Å². The summed E-state index contributed by atoms with van der Waals surface area (Å²) < 4.78 is 0.594. The summed E-state index contributed by atoms with van der Waals surface area (Å²) in [6.45, 7) is 2.82. The topological polar surface area (TPSA) is 60.7 Å². The largest absolute Gasteiger partial charge is 0.352 e. The predicted molar refractivity (Wildman–Crippen MR) is 78.7 cm³/mol. The van der Waals surface area contributed by atoms with Gasteiger partial charge in [0.15, 0.2) is 4.77 Å². The van der Waals surface area contributed by atoms with E-state index in [0.29, 0.717) is 10.3 Å². The molecule has 19 heavy (non-hydrogen) atoms. The summed E-state index contributed by atoms with van der Waals surface area (Å²) in [5.74, 6) is -0.0259. The van der Waals surface area contributed by atoms with Crippen LogP contribution in [-0.2, 0) is 0 Å². The smallest absolute Gasteiger partial charge is 0.251 e. The number of rotatable bonds is 5. The second-order valence-electron chi connectivity index (χ2n) is 4.34. The monoisotopic (exact) mass is 275 g/mol. The van der Waals surface area contributed by atoms with Gasteiger partial charge in [-0.05, 0) is 36.3 Å².